The highest BCUT2D eigenvalue weighted by atomic mass is 35.5. The molecule has 0 aliphatic carbocycles. The molecule has 5 rings (SSSR count). The van der Waals surface area contributed by atoms with Crippen LogP contribution in [0.1, 0.15) is 16.1 Å². The van der Waals surface area contributed by atoms with Gasteiger partial charge in [0, 0.05) is 44.2 Å². The largest absolute Gasteiger partial charge is 0.350 e. The first kappa shape index (κ1) is 23.5. The molecule has 0 saturated heterocycles. The molecule has 35 heavy (non-hydrogen) atoms. The molecule has 1 amide bonds. The van der Waals surface area contributed by atoms with Crippen LogP contribution in [0.15, 0.2) is 79.0 Å². The number of nitrogens with one attached hydrogen (secondary N) is 3. The molecule has 9 heteroatoms. The smallest absolute Gasteiger partial charge is 0.279 e. The average Bonchev–Trinajstić information content (AvgIpc) is 3.45. The fraction of sp³-hybridized carbons (Fsp3) is 0.0769. The average molecular weight is 522 g/mol. The van der Waals surface area contributed by atoms with E-state index in [1.807, 2.05) is 83.7 Å². The lowest BCUT2D eigenvalue weighted by molar-refractivity contribution is 0.0981. The minimum atomic E-state index is -0.259. The van der Waals surface area contributed by atoms with Gasteiger partial charge in [-0.3, -0.25) is 14.2 Å². The lowest BCUT2D eigenvalue weighted by atomic mass is 9.98. The van der Waals surface area contributed by atoms with Crippen LogP contribution in [-0.2, 0) is 6.54 Å². The number of H-pyrrole nitrogens is 1. The molecular formula is C26H21Cl2N5OS. The van der Waals surface area contributed by atoms with E-state index < -0.39 is 0 Å². The van der Waals surface area contributed by atoms with Gasteiger partial charge in [0.15, 0.2) is 0 Å². The first-order chi connectivity index (χ1) is 17.0. The molecule has 0 aliphatic rings. The van der Waals surface area contributed by atoms with E-state index in [2.05, 4.69) is 14.4 Å². The molecule has 3 aromatic carbocycles. The Morgan fingerprint density at radius 1 is 1.03 bits per heavy atom. The van der Waals surface area contributed by atoms with Crippen molar-refractivity contribution in [2.24, 2.45) is 0 Å². The number of carbonyl (C=O) groups is 1. The Morgan fingerprint density at radius 3 is 2.51 bits per heavy atom. The fourth-order valence-corrected chi connectivity index (χ4v) is 4.69. The highest BCUT2D eigenvalue weighted by Gasteiger charge is 2.25. The SMILES string of the molecule is CNSNC(=O)c1[nH]c2cc(Cl)ccc2c1-c1c(-c2ccccc2)cnn1Cc1ccc(Cl)cc1. The lowest BCUT2D eigenvalue weighted by Gasteiger charge is -2.12. The number of aromatic amines is 1. The predicted octanol–water partition coefficient (Wildman–Crippen LogP) is 6.57. The van der Waals surface area contributed by atoms with E-state index in [0.29, 0.717) is 22.3 Å². The van der Waals surface area contributed by atoms with Crippen LogP contribution in [0, 0.1) is 0 Å². The van der Waals surface area contributed by atoms with Gasteiger partial charge >= 0.3 is 0 Å². The molecule has 3 N–H and O–H groups in total. The predicted molar refractivity (Wildman–Crippen MR) is 145 cm³/mol. The van der Waals surface area contributed by atoms with Crippen molar-refractivity contribution < 1.29 is 4.79 Å². The van der Waals surface area contributed by atoms with Gasteiger partial charge in [-0.05, 0) is 42.4 Å². The number of carbonyl (C=O) groups excluding carboxylic acids is 1. The van der Waals surface area contributed by atoms with Crippen molar-refractivity contribution >= 4 is 52.1 Å². The number of aromatic nitrogens is 3. The van der Waals surface area contributed by atoms with Gasteiger partial charge in [0.2, 0.25) is 0 Å². The third-order valence-corrected chi connectivity index (χ3v) is 6.62. The number of amides is 1. The normalized spacial score (nSPS) is 11.2. The van der Waals surface area contributed by atoms with Crippen molar-refractivity contribution in [2.45, 2.75) is 6.54 Å². The summed E-state index contributed by atoms with van der Waals surface area (Å²) in [6.45, 7) is 0.506. The van der Waals surface area contributed by atoms with Gasteiger partial charge in [0.25, 0.3) is 5.91 Å². The molecule has 2 heterocycles. The lowest BCUT2D eigenvalue weighted by Crippen LogP contribution is -2.20. The zero-order chi connectivity index (χ0) is 24.4. The van der Waals surface area contributed by atoms with Crippen molar-refractivity contribution in [3.05, 3.63) is 100 Å². The number of nitrogens with zero attached hydrogens (tertiary/aromatic N) is 2. The van der Waals surface area contributed by atoms with Crippen molar-refractivity contribution in [2.75, 3.05) is 7.05 Å². The van der Waals surface area contributed by atoms with Crippen molar-refractivity contribution in [3.63, 3.8) is 0 Å². The monoisotopic (exact) mass is 521 g/mol. The second-order valence-electron chi connectivity index (χ2n) is 7.86. The molecule has 6 nitrogen and oxygen atoms in total. The number of rotatable bonds is 7. The fourth-order valence-electron chi connectivity index (χ4n) is 4.10. The zero-order valence-electron chi connectivity index (χ0n) is 18.7. The Hall–Kier alpha value is -3.23. The summed E-state index contributed by atoms with van der Waals surface area (Å²) >= 11 is 13.5. The van der Waals surface area contributed by atoms with Gasteiger partial charge in [-0.1, -0.05) is 71.7 Å². The molecule has 0 bridgehead atoms. The molecular weight excluding hydrogens is 501 g/mol. The third kappa shape index (κ3) is 4.81. The molecule has 176 valence electrons. The molecule has 0 saturated carbocycles. The van der Waals surface area contributed by atoms with Crippen LogP contribution in [0.3, 0.4) is 0 Å². The molecule has 5 aromatic rings. The van der Waals surface area contributed by atoms with Gasteiger partial charge in [-0.25, -0.2) is 4.72 Å². The first-order valence-electron chi connectivity index (χ1n) is 10.9. The van der Waals surface area contributed by atoms with Crippen LogP contribution < -0.4 is 9.44 Å². The summed E-state index contributed by atoms with van der Waals surface area (Å²) in [7, 11) is 1.74. The molecule has 0 spiro atoms. The highest BCUT2D eigenvalue weighted by Crippen LogP contribution is 2.40. The minimum Gasteiger partial charge on any atom is -0.350 e. The Morgan fingerprint density at radius 2 is 1.77 bits per heavy atom. The summed E-state index contributed by atoms with van der Waals surface area (Å²) in [5, 5.41) is 6.88. The Labute approximate surface area is 216 Å². The van der Waals surface area contributed by atoms with Crippen LogP contribution in [0.25, 0.3) is 33.3 Å². The maximum atomic E-state index is 13.2. The van der Waals surface area contributed by atoms with Crippen molar-refractivity contribution in [1.82, 2.24) is 24.2 Å². The molecule has 0 aliphatic heterocycles. The summed E-state index contributed by atoms with van der Waals surface area (Å²) in [6.07, 6.45) is 1.85. The number of halogens is 2. The Balaban J connectivity index is 1.76. The first-order valence-corrected chi connectivity index (χ1v) is 12.4. The molecule has 0 radical (unpaired) electrons. The maximum absolute atomic E-state index is 13.2. The van der Waals surface area contributed by atoms with Gasteiger partial charge in [-0.2, -0.15) is 5.10 Å². The van der Waals surface area contributed by atoms with Gasteiger partial charge in [0.05, 0.1) is 18.4 Å². The summed E-state index contributed by atoms with van der Waals surface area (Å²) < 4.78 is 7.61. The molecule has 0 fully saturated rings. The van der Waals surface area contributed by atoms with E-state index >= 15 is 0 Å². The van der Waals surface area contributed by atoms with E-state index in [4.69, 9.17) is 28.3 Å². The number of fused-ring (bicyclic) bond motifs is 1. The summed E-state index contributed by atoms with van der Waals surface area (Å²) in [5.74, 6) is -0.259. The van der Waals surface area contributed by atoms with Crippen LogP contribution in [-0.4, -0.2) is 27.7 Å². The van der Waals surface area contributed by atoms with Crippen LogP contribution in [0.4, 0.5) is 0 Å². The maximum Gasteiger partial charge on any atom is 0.279 e. The molecule has 0 atom stereocenters. The van der Waals surface area contributed by atoms with E-state index in [-0.39, 0.29) is 5.91 Å². The van der Waals surface area contributed by atoms with E-state index in [1.165, 1.54) is 0 Å². The van der Waals surface area contributed by atoms with Gasteiger partial charge < -0.3 is 4.98 Å². The number of benzene rings is 3. The van der Waals surface area contributed by atoms with Gasteiger partial charge in [-0.15, -0.1) is 0 Å². The Kier molecular flexibility index (Phi) is 6.83. The Bertz CT molecular complexity index is 1500. The molecule has 2 aromatic heterocycles. The van der Waals surface area contributed by atoms with E-state index in [9.17, 15) is 4.79 Å². The highest BCUT2D eigenvalue weighted by molar-refractivity contribution is 7.96. The van der Waals surface area contributed by atoms with Gasteiger partial charge in [0.1, 0.15) is 5.69 Å². The second-order valence-corrected chi connectivity index (χ2v) is 9.55. The summed E-state index contributed by atoms with van der Waals surface area (Å²) in [6, 6.07) is 23.3. The van der Waals surface area contributed by atoms with Crippen molar-refractivity contribution in [1.29, 1.82) is 0 Å². The number of hydrogen-bond acceptors (Lipinski definition) is 4. The topological polar surface area (TPSA) is 74.7 Å². The number of hydrogen-bond donors (Lipinski definition) is 3. The third-order valence-electron chi connectivity index (χ3n) is 5.64. The summed E-state index contributed by atoms with van der Waals surface area (Å²) in [4.78, 5) is 16.5. The van der Waals surface area contributed by atoms with E-state index in [1.54, 1.807) is 7.05 Å². The quantitative estimate of drug-likeness (QED) is 0.212. The van der Waals surface area contributed by atoms with Crippen LogP contribution in [0.2, 0.25) is 10.0 Å². The molecule has 0 unspecified atom stereocenters. The van der Waals surface area contributed by atoms with E-state index in [0.717, 1.165) is 51.0 Å². The van der Waals surface area contributed by atoms with Crippen LogP contribution >= 0.6 is 35.3 Å². The standard InChI is InChI=1S/C26H21Cl2N5OS/c1-29-35-32-26(34)24-23(20-12-11-19(28)13-22(20)31-24)25-21(17-5-3-2-4-6-17)14-30-33(25)15-16-7-9-18(27)10-8-16/h2-14,29,31H,15H2,1H3,(H,32,34). The summed E-state index contributed by atoms with van der Waals surface area (Å²) in [5.41, 5.74) is 5.76. The second kappa shape index (κ2) is 10.2. The van der Waals surface area contributed by atoms with Crippen molar-refractivity contribution in [3.8, 4) is 22.4 Å². The minimum absolute atomic E-state index is 0.259. The van der Waals surface area contributed by atoms with Crippen LogP contribution in [0.5, 0.6) is 0 Å². The zero-order valence-corrected chi connectivity index (χ0v) is 21.0.